The summed E-state index contributed by atoms with van der Waals surface area (Å²) in [6, 6.07) is 5.66. The van der Waals surface area contributed by atoms with Gasteiger partial charge in [0.2, 0.25) is 5.91 Å². The largest absolute Gasteiger partial charge is 0.349 e. The van der Waals surface area contributed by atoms with Crippen LogP contribution in [0.1, 0.15) is 12.6 Å². The standard InChI is InChI=1S/C10H14N2OS/c1-8(14-2)10(13)12-7-9-5-3-4-6-11-9/h3-6,8H,7H2,1-2H3,(H,12,13). The minimum absolute atomic E-state index is 0.00119. The van der Waals surface area contributed by atoms with Crippen LogP contribution in [0, 0.1) is 0 Å². The highest BCUT2D eigenvalue weighted by Crippen LogP contribution is 2.04. The van der Waals surface area contributed by atoms with Crippen LogP contribution in [0.5, 0.6) is 0 Å². The average molecular weight is 210 g/mol. The number of hydrogen-bond acceptors (Lipinski definition) is 3. The molecular weight excluding hydrogens is 196 g/mol. The number of pyridine rings is 1. The predicted molar refractivity (Wildman–Crippen MR) is 59.1 cm³/mol. The van der Waals surface area contributed by atoms with Gasteiger partial charge in [0, 0.05) is 6.20 Å². The Hall–Kier alpha value is -1.03. The fourth-order valence-electron chi connectivity index (χ4n) is 0.931. The second-order valence-electron chi connectivity index (χ2n) is 2.92. The fourth-order valence-corrected chi connectivity index (χ4v) is 1.23. The van der Waals surface area contributed by atoms with Crippen LogP contribution in [0.3, 0.4) is 0 Å². The lowest BCUT2D eigenvalue weighted by atomic mass is 10.3. The molecule has 1 aromatic heterocycles. The first kappa shape index (κ1) is 11.0. The normalized spacial score (nSPS) is 12.1. The summed E-state index contributed by atoms with van der Waals surface area (Å²) in [4.78, 5) is 15.5. The van der Waals surface area contributed by atoms with Crippen LogP contribution in [-0.2, 0) is 11.3 Å². The minimum atomic E-state index is -0.00119. The van der Waals surface area contributed by atoms with Crippen molar-refractivity contribution in [3.8, 4) is 0 Å². The molecule has 1 N–H and O–H groups in total. The molecule has 0 saturated carbocycles. The zero-order valence-corrected chi connectivity index (χ0v) is 9.17. The van der Waals surface area contributed by atoms with Crippen LogP contribution in [0.15, 0.2) is 24.4 Å². The third kappa shape index (κ3) is 3.38. The number of amides is 1. The van der Waals surface area contributed by atoms with Crippen molar-refractivity contribution in [1.82, 2.24) is 10.3 Å². The molecule has 0 bridgehead atoms. The molecule has 0 aliphatic carbocycles. The van der Waals surface area contributed by atoms with Crippen LogP contribution >= 0.6 is 11.8 Å². The molecule has 0 spiro atoms. The van der Waals surface area contributed by atoms with E-state index in [9.17, 15) is 4.79 Å². The Kier molecular flexibility index (Phi) is 4.46. The highest BCUT2D eigenvalue weighted by Gasteiger charge is 2.09. The maximum Gasteiger partial charge on any atom is 0.233 e. The molecular formula is C10H14N2OS. The van der Waals surface area contributed by atoms with Gasteiger partial charge in [-0.2, -0.15) is 11.8 Å². The number of nitrogens with one attached hydrogen (secondary N) is 1. The van der Waals surface area contributed by atoms with Crippen molar-refractivity contribution in [1.29, 1.82) is 0 Å². The number of hydrogen-bond donors (Lipinski definition) is 1. The molecule has 1 atom stereocenters. The van der Waals surface area contributed by atoms with Crippen molar-refractivity contribution in [2.75, 3.05) is 6.26 Å². The quantitative estimate of drug-likeness (QED) is 0.818. The molecule has 1 heterocycles. The summed E-state index contributed by atoms with van der Waals surface area (Å²) in [6.45, 7) is 2.39. The zero-order chi connectivity index (χ0) is 10.4. The molecule has 0 fully saturated rings. The van der Waals surface area contributed by atoms with Gasteiger partial charge in [-0.25, -0.2) is 0 Å². The van der Waals surface area contributed by atoms with Gasteiger partial charge in [0.15, 0.2) is 0 Å². The van der Waals surface area contributed by atoms with Crippen LogP contribution in [0.4, 0.5) is 0 Å². The van der Waals surface area contributed by atoms with Gasteiger partial charge in [-0.05, 0) is 25.3 Å². The smallest absolute Gasteiger partial charge is 0.233 e. The van der Waals surface area contributed by atoms with E-state index in [1.54, 1.807) is 6.20 Å². The Labute approximate surface area is 88.3 Å². The SMILES string of the molecule is CSC(C)C(=O)NCc1ccccn1. The first-order chi connectivity index (χ1) is 6.74. The van der Waals surface area contributed by atoms with Gasteiger partial charge in [-0.1, -0.05) is 6.07 Å². The summed E-state index contributed by atoms with van der Waals surface area (Å²) in [5.41, 5.74) is 0.883. The molecule has 3 nitrogen and oxygen atoms in total. The molecule has 1 rings (SSSR count). The first-order valence-corrected chi connectivity index (χ1v) is 5.73. The van der Waals surface area contributed by atoms with Crippen molar-refractivity contribution < 1.29 is 4.79 Å². The number of thioether (sulfide) groups is 1. The Bertz CT molecular complexity index is 289. The van der Waals surface area contributed by atoms with Gasteiger partial charge < -0.3 is 5.32 Å². The second kappa shape index (κ2) is 5.65. The topological polar surface area (TPSA) is 42.0 Å². The maximum absolute atomic E-state index is 11.4. The van der Waals surface area contributed by atoms with E-state index in [0.29, 0.717) is 6.54 Å². The molecule has 0 saturated heterocycles. The summed E-state index contributed by atoms with van der Waals surface area (Å²) in [5, 5.41) is 2.83. The van der Waals surface area contributed by atoms with Crippen molar-refractivity contribution >= 4 is 17.7 Å². The minimum Gasteiger partial charge on any atom is -0.349 e. The van der Waals surface area contributed by atoms with E-state index in [0.717, 1.165) is 5.69 Å². The van der Waals surface area contributed by atoms with Crippen molar-refractivity contribution in [2.24, 2.45) is 0 Å². The lowest BCUT2D eigenvalue weighted by Crippen LogP contribution is -2.30. The van der Waals surface area contributed by atoms with Gasteiger partial charge in [0.1, 0.15) is 0 Å². The van der Waals surface area contributed by atoms with Crippen molar-refractivity contribution in [3.63, 3.8) is 0 Å². The Morgan fingerprint density at radius 2 is 2.43 bits per heavy atom. The molecule has 1 aromatic rings. The van der Waals surface area contributed by atoms with E-state index < -0.39 is 0 Å². The highest BCUT2D eigenvalue weighted by atomic mass is 32.2. The Morgan fingerprint density at radius 3 is 3.00 bits per heavy atom. The maximum atomic E-state index is 11.4. The Morgan fingerprint density at radius 1 is 1.64 bits per heavy atom. The molecule has 0 aliphatic heterocycles. The summed E-state index contributed by atoms with van der Waals surface area (Å²) in [5.74, 6) is 0.0585. The molecule has 4 heteroatoms. The molecule has 0 radical (unpaired) electrons. The zero-order valence-electron chi connectivity index (χ0n) is 8.36. The second-order valence-corrected chi connectivity index (χ2v) is 4.10. The van der Waals surface area contributed by atoms with E-state index in [1.165, 1.54) is 11.8 Å². The van der Waals surface area contributed by atoms with Crippen LogP contribution in [0.25, 0.3) is 0 Å². The van der Waals surface area contributed by atoms with Gasteiger partial charge in [0.05, 0.1) is 17.5 Å². The van der Waals surface area contributed by atoms with Gasteiger partial charge in [0.25, 0.3) is 0 Å². The highest BCUT2D eigenvalue weighted by molar-refractivity contribution is 7.99. The summed E-state index contributed by atoms with van der Waals surface area (Å²) in [6.07, 6.45) is 3.64. The molecule has 76 valence electrons. The van der Waals surface area contributed by atoms with Gasteiger partial charge >= 0.3 is 0 Å². The number of carbonyl (C=O) groups excluding carboxylic acids is 1. The fraction of sp³-hybridized carbons (Fsp3) is 0.400. The third-order valence-corrected chi connectivity index (χ3v) is 2.81. The molecule has 1 amide bonds. The number of rotatable bonds is 4. The summed E-state index contributed by atoms with van der Waals surface area (Å²) >= 11 is 1.54. The van der Waals surface area contributed by atoms with E-state index >= 15 is 0 Å². The lowest BCUT2D eigenvalue weighted by Gasteiger charge is -2.08. The molecule has 0 aromatic carbocycles. The Balaban J connectivity index is 2.38. The monoisotopic (exact) mass is 210 g/mol. The average Bonchev–Trinajstić information content (AvgIpc) is 2.26. The molecule has 0 aliphatic rings. The van der Waals surface area contributed by atoms with Crippen LogP contribution < -0.4 is 5.32 Å². The van der Waals surface area contributed by atoms with Gasteiger partial charge in [-0.15, -0.1) is 0 Å². The number of nitrogens with zero attached hydrogens (tertiary/aromatic N) is 1. The molecule has 14 heavy (non-hydrogen) atoms. The number of aromatic nitrogens is 1. The predicted octanol–water partition coefficient (Wildman–Crippen LogP) is 1.45. The lowest BCUT2D eigenvalue weighted by molar-refractivity contribution is -0.120. The molecule has 1 unspecified atom stereocenters. The van der Waals surface area contributed by atoms with Crippen molar-refractivity contribution in [2.45, 2.75) is 18.7 Å². The van der Waals surface area contributed by atoms with E-state index in [-0.39, 0.29) is 11.2 Å². The first-order valence-electron chi connectivity index (χ1n) is 4.44. The van der Waals surface area contributed by atoms with E-state index in [2.05, 4.69) is 10.3 Å². The van der Waals surface area contributed by atoms with Crippen LogP contribution in [-0.4, -0.2) is 22.4 Å². The van der Waals surface area contributed by atoms with E-state index in [4.69, 9.17) is 0 Å². The summed E-state index contributed by atoms with van der Waals surface area (Å²) in [7, 11) is 0. The van der Waals surface area contributed by atoms with Crippen molar-refractivity contribution in [3.05, 3.63) is 30.1 Å². The third-order valence-electron chi connectivity index (χ3n) is 1.89. The van der Waals surface area contributed by atoms with Crippen LogP contribution in [0.2, 0.25) is 0 Å². The summed E-state index contributed by atoms with van der Waals surface area (Å²) < 4.78 is 0. The van der Waals surface area contributed by atoms with E-state index in [1.807, 2.05) is 31.4 Å². The number of carbonyl (C=O) groups is 1. The van der Waals surface area contributed by atoms with Gasteiger partial charge in [-0.3, -0.25) is 9.78 Å².